The van der Waals surface area contributed by atoms with E-state index in [4.69, 9.17) is 4.74 Å². The Morgan fingerprint density at radius 2 is 2.09 bits per heavy atom. The van der Waals surface area contributed by atoms with Crippen LogP contribution in [0.4, 0.5) is 5.69 Å². The van der Waals surface area contributed by atoms with Crippen molar-refractivity contribution in [3.63, 3.8) is 0 Å². The smallest absolute Gasteiger partial charge is 0.293 e. The predicted molar refractivity (Wildman–Crippen MR) is 130 cm³/mol. The molecule has 8 heteroatoms. The number of ether oxygens (including phenoxy) is 1. The second-order valence-electron chi connectivity index (χ2n) is 9.05. The third-order valence-corrected chi connectivity index (χ3v) is 7.10. The van der Waals surface area contributed by atoms with Gasteiger partial charge in [0.25, 0.3) is 12.0 Å². The first-order valence-electron chi connectivity index (χ1n) is 11.1. The molecule has 0 saturated carbocycles. The maximum atomic E-state index is 13.4. The van der Waals surface area contributed by atoms with Crippen LogP contribution in [0.1, 0.15) is 48.3 Å². The lowest BCUT2D eigenvalue weighted by Crippen LogP contribution is -2.35. The van der Waals surface area contributed by atoms with Gasteiger partial charge in [-0.15, -0.1) is 0 Å². The molecular weight excluding hydrogens is 436 g/mol. The van der Waals surface area contributed by atoms with Crippen LogP contribution in [-0.4, -0.2) is 27.6 Å². The zero-order valence-electron chi connectivity index (χ0n) is 19.0. The maximum absolute atomic E-state index is 13.4. The third-order valence-electron chi connectivity index (χ3n) is 6.80. The fourth-order valence-corrected chi connectivity index (χ4v) is 5.40. The van der Waals surface area contributed by atoms with Crippen molar-refractivity contribution in [1.82, 2.24) is 14.6 Å². The Morgan fingerprint density at radius 1 is 1.27 bits per heavy atom. The van der Waals surface area contributed by atoms with Gasteiger partial charge in [0, 0.05) is 29.1 Å². The molecule has 2 aliphatic heterocycles. The first-order chi connectivity index (χ1) is 15.9. The highest BCUT2D eigenvalue weighted by molar-refractivity contribution is 7.79. The van der Waals surface area contributed by atoms with Crippen LogP contribution >= 0.6 is 12.6 Å². The lowest BCUT2D eigenvalue weighted by Gasteiger charge is -2.30. The number of nitrogens with zero attached hydrogens (tertiary/aromatic N) is 4. The van der Waals surface area contributed by atoms with E-state index in [2.05, 4.69) is 65.7 Å². The largest absolute Gasteiger partial charge is 0.463 e. The number of aromatic nitrogens is 3. The SMILES string of the molecule is Cc1nc2c(COC=O)c(CS)nn2c(=O)c1=CC=C1N2CCCc3cccc(c32)C1(C)C. The average molecular weight is 463 g/mol. The summed E-state index contributed by atoms with van der Waals surface area (Å²) >= 11 is 4.30. The molecule has 4 heterocycles. The number of carbonyl (C=O) groups is 1. The van der Waals surface area contributed by atoms with Gasteiger partial charge in [0.05, 0.1) is 22.2 Å². The molecule has 0 radical (unpaired) electrons. The molecule has 33 heavy (non-hydrogen) atoms. The lowest BCUT2D eigenvalue weighted by molar-refractivity contribution is -0.129. The highest BCUT2D eigenvalue weighted by atomic mass is 32.1. The number of para-hydroxylation sites is 1. The number of aryl methyl sites for hydroxylation is 2. The van der Waals surface area contributed by atoms with Gasteiger partial charge < -0.3 is 9.64 Å². The first-order valence-corrected chi connectivity index (χ1v) is 11.7. The average Bonchev–Trinajstić information content (AvgIpc) is 3.26. The molecular formula is C25H26N4O3S. The summed E-state index contributed by atoms with van der Waals surface area (Å²) in [5, 5.41) is 4.89. The van der Waals surface area contributed by atoms with Crippen LogP contribution in [0, 0.1) is 6.92 Å². The minimum atomic E-state index is -0.248. The molecule has 3 aromatic rings. The quantitative estimate of drug-likeness (QED) is 0.464. The fourth-order valence-electron chi connectivity index (χ4n) is 5.15. The summed E-state index contributed by atoms with van der Waals surface area (Å²) in [6.07, 6.45) is 6.13. The lowest BCUT2D eigenvalue weighted by atomic mass is 9.83. The Labute approximate surface area is 197 Å². The highest BCUT2D eigenvalue weighted by Gasteiger charge is 2.41. The molecule has 0 amide bonds. The number of allylic oxidation sites excluding steroid dienone is 2. The molecule has 7 nitrogen and oxygen atoms in total. The molecule has 0 spiro atoms. The summed E-state index contributed by atoms with van der Waals surface area (Å²) in [5.74, 6) is 0.312. The molecule has 2 aliphatic rings. The van der Waals surface area contributed by atoms with E-state index in [1.165, 1.54) is 27.0 Å². The molecule has 5 rings (SSSR count). The predicted octanol–water partition coefficient (Wildman–Crippen LogP) is 2.63. The Morgan fingerprint density at radius 3 is 2.85 bits per heavy atom. The molecule has 2 aromatic heterocycles. The van der Waals surface area contributed by atoms with E-state index in [9.17, 15) is 9.59 Å². The van der Waals surface area contributed by atoms with Crippen LogP contribution in [0.3, 0.4) is 0 Å². The second kappa shape index (κ2) is 8.02. The summed E-state index contributed by atoms with van der Waals surface area (Å²) in [6, 6.07) is 6.57. The van der Waals surface area contributed by atoms with E-state index in [1.807, 2.05) is 13.0 Å². The topological polar surface area (TPSA) is 76.8 Å². The molecule has 1 aromatic carbocycles. The number of hydrogen-bond acceptors (Lipinski definition) is 7. The zero-order chi connectivity index (χ0) is 23.3. The van der Waals surface area contributed by atoms with Crippen LogP contribution in [0.25, 0.3) is 11.7 Å². The summed E-state index contributed by atoms with van der Waals surface area (Å²) < 4.78 is 6.21. The number of hydrogen-bond donors (Lipinski definition) is 1. The van der Waals surface area contributed by atoms with E-state index < -0.39 is 0 Å². The standard InChI is InChI=1S/C25H26N4O3S/c1-15-17(24(31)29-23(26-15)18(12-32-14-30)20(13-33)27-29)9-10-21-25(2,3)19-8-4-6-16-7-5-11-28(21)22(16)19/h4,6,8-10,14,33H,5,7,11-13H2,1-3H3. The van der Waals surface area contributed by atoms with Gasteiger partial charge in [-0.3, -0.25) is 9.59 Å². The third kappa shape index (κ3) is 3.27. The number of rotatable bonds is 5. The number of thiol groups is 1. The van der Waals surface area contributed by atoms with Crippen molar-refractivity contribution in [2.24, 2.45) is 0 Å². The van der Waals surface area contributed by atoms with E-state index in [-0.39, 0.29) is 17.6 Å². The van der Waals surface area contributed by atoms with Crippen LogP contribution < -0.4 is 15.7 Å². The Kier molecular flexibility index (Phi) is 5.28. The van der Waals surface area contributed by atoms with Crippen molar-refractivity contribution < 1.29 is 9.53 Å². The number of anilines is 1. The van der Waals surface area contributed by atoms with Crippen molar-refractivity contribution in [1.29, 1.82) is 0 Å². The molecule has 170 valence electrons. The van der Waals surface area contributed by atoms with Crippen molar-refractivity contribution >= 4 is 36.5 Å². The van der Waals surface area contributed by atoms with Gasteiger partial charge in [0.2, 0.25) is 0 Å². The van der Waals surface area contributed by atoms with Gasteiger partial charge in [0.1, 0.15) is 6.61 Å². The summed E-state index contributed by atoms with van der Waals surface area (Å²) in [7, 11) is 0. The van der Waals surface area contributed by atoms with E-state index in [0.717, 1.165) is 19.4 Å². The Balaban J connectivity index is 1.67. The molecule has 0 aliphatic carbocycles. The molecule has 0 bridgehead atoms. The number of fused-ring (bicyclic) bond motifs is 1. The molecule has 0 saturated heterocycles. The summed E-state index contributed by atoms with van der Waals surface area (Å²) in [4.78, 5) is 31.1. The zero-order valence-corrected chi connectivity index (χ0v) is 19.9. The maximum Gasteiger partial charge on any atom is 0.293 e. The number of carbonyl (C=O) groups excluding carboxylic acids is 1. The van der Waals surface area contributed by atoms with Gasteiger partial charge >= 0.3 is 0 Å². The van der Waals surface area contributed by atoms with Crippen molar-refractivity contribution in [2.75, 3.05) is 11.4 Å². The molecule has 0 unspecified atom stereocenters. The van der Waals surface area contributed by atoms with Crippen LogP contribution in [0.15, 0.2) is 34.8 Å². The highest BCUT2D eigenvalue weighted by Crippen LogP contribution is 2.50. The Hall–Kier alpha value is -3.13. The van der Waals surface area contributed by atoms with E-state index in [0.29, 0.717) is 40.0 Å². The van der Waals surface area contributed by atoms with Gasteiger partial charge in [-0.2, -0.15) is 22.2 Å². The number of benzene rings is 1. The monoisotopic (exact) mass is 462 g/mol. The van der Waals surface area contributed by atoms with Crippen LogP contribution in [0.5, 0.6) is 0 Å². The normalized spacial score (nSPS) is 18.2. The summed E-state index contributed by atoms with van der Waals surface area (Å²) in [6.45, 7) is 7.64. The second-order valence-corrected chi connectivity index (χ2v) is 9.37. The molecule has 0 atom stereocenters. The first kappa shape index (κ1) is 21.7. The fraction of sp³-hybridized carbons (Fsp3) is 0.360. The Bertz CT molecular complexity index is 1420. The van der Waals surface area contributed by atoms with E-state index >= 15 is 0 Å². The minimum absolute atomic E-state index is 0.00558. The van der Waals surface area contributed by atoms with Crippen LogP contribution in [-0.2, 0) is 33.7 Å². The van der Waals surface area contributed by atoms with Crippen LogP contribution in [0.2, 0.25) is 0 Å². The summed E-state index contributed by atoms with van der Waals surface area (Å²) in [5.41, 5.74) is 7.01. The minimum Gasteiger partial charge on any atom is -0.463 e. The van der Waals surface area contributed by atoms with Gasteiger partial charge in [0.15, 0.2) is 5.65 Å². The van der Waals surface area contributed by atoms with E-state index in [1.54, 1.807) is 0 Å². The van der Waals surface area contributed by atoms with Gasteiger partial charge in [-0.25, -0.2) is 4.98 Å². The molecule has 0 fully saturated rings. The van der Waals surface area contributed by atoms with Gasteiger partial charge in [-0.05, 0) is 43.0 Å². The molecule has 0 N–H and O–H groups in total. The van der Waals surface area contributed by atoms with Crippen molar-refractivity contribution in [2.45, 2.75) is 51.4 Å². The van der Waals surface area contributed by atoms with Crippen molar-refractivity contribution in [3.05, 3.63) is 73.6 Å². The van der Waals surface area contributed by atoms with Gasteiger partial charge in [-0.1, -0.05) is 32.0 Å². The van der Waals surface area contributed by atoms with Crippen molar-refractivity contribution in [3.8, 4) is 0 Å².